The molecular formula is C25H27NO7. The summed E-state index contributed by atoms with van der Waals surface area (Å²) in [7, 11) is 5.26. The molecule has 33 heavy (non-hydrogen) atoms. The van der Waals surface area contributed by atoms with Crippen LogP contribution in [0, 0.1) is 11.8 Å². The summed E-state index contributed by atoms with van der Waals surface area (Å²) in [5.74, 6) is -3.65. The van der Waals surface area contributed by atoms with Gasteiger partial charge < -0.3 is 18.9 Å². The van der Waals surface area contributed by atoms with Gasteiger partial charge in [-0.25, -0.2) is 4.79 Å². The lowest BCUT2D eigenvalue weighted by molar-refractivity contribution is -0.164. The zero-order valence-electron chi connectivity index (χ0n) is 18.9. The Labute approximate surface area is 192 Å². The van der Waals surface area contributed by atoms with Crippen LogP contribution in [0.25, 0.3) is 6.08 Å². The lowest BCUT2D eigenvalue weighted by Crippen LogP contribution is -2.53. The number of hydrogen-bond acceptors (Lipinski definition) is 8. The molecule has 1 saturated heterocycles. The Morgan fingerprint density at radius 2 is 1.48 bits per heavy atom. The fourth-order valence-corrected chi connectivity index (χ4v) is 4.31. The van der Waals surface area contributed by atoms with Gasteiger partial charge in [0.1, 0.15) is 11.7 Å². The second-order valence-corrected chi connectivity index (χ2v) is 7.52. The van der Waals surface area contributed by atoms with Crippen molar-refractivity contribution in [2.24, 2.45) is 11.8 Å². The van der Waals surface area contributed by atoms with E-state index >= 15 is 0 Å². The first kappa shape index (κ1) is 24.0. The van der Waals surface area contributed by atoms with Crippen LogP contribution in [0.1, 0.15) is 11.1 Å². The number of hydrogen-bond donors (Lipinski definition) is 1. The van der Waals surface area contributed by atoms with Crippen LogP contribution in [-0.2, 0) is 34.1 Å². The van der Waals surface area contributed by atoms with Crippen molar-refractivity contribution < 1.29 is 33.3 Å². The van der Waals surface area contributed by atoms with E-state index < -0.39 is 41.3 Å². The van der Waals surface area contributed by atoms with E-state index in [1.165, 1.54) is 21.3 Å². The van der Waals surface area contributed by atoms with Gasteiger partial charge in [0.05, 0.1) is 34.4 Å². The van der Waals surface area contributed by atoms with Gasteiger partial charge >= 0.3 is 17.9 Å². The fourth-order valence-electron chi connectivity index (χ4n) is 4.31. The van der Waals surface area contributed by atoms with E-state index in [1.807, 2.05) is 12.1 Å². The molecule has 2 aromatic rings. The van der Waals surface area contributed by atoms with Crippen molar-refractivity contribution in [3.63, 3.8) is 0 Å². The lowest BCUT2D eigenvalue weighted by atomic mass is 9.74. The summed E-state index contributed by atoms with van der Waals surface area (Å²) >= 11 is 0. The second kappa shape index (κ2) is 10.3. The standard InChI is InChI=1S/C25H27NO7/c1-30-18-13-10-16(11-14-18)12-15-19-20(22(27)31-2)21(23(28)32-3)25(26-19,24(29)33-4)17-8-6-5-7-9-17/h5-15,19-21,26H,1-4H3/b15-12+/t19-,20+,21-,25-/m1/s1. The molecule has 0 aliphatic carbocycles. The molecule has 4 atom stereocenters. The third kappa shape index (κ3) is 4.47. The molecule has 3 rings (SSSR count). The van der Waals surface area contributed by atoms with Crippen LogP contribution < -0.4 is 10.1 Å². The maximum Gasteiger partial charge on any atom is 0.331 e. The minimum absolute atomic E-state index is 0.474. The molecule has 0 amide bonds. The summed E-state index contributed by atoms with van der Waals surface area (Å²) in [6.07, 6.45) is 3.52. The molecule has 8 nitrogen and oxygen atoms in total. The van der Waals surface area contributed by atoms with Crippen LogP contribution in [0.15, 0.2) is 60.7 Å². The highest BCUT2D eigenvalue weighted by atomic mass is 16.5. The second-order valence-electron chi connectivity index (χ2n) is 7.52. The van der Waals surface area contributed by atoms with E-state index in [0.29, 0.717) is 11.3 Å². The van der Waals surface area contributed by atoms with E-state index in [0.717, 1.165) is 5.56 Å². The average Bonchev–Trinajstić information content (AvgIpc) is 3.23. The van der Waals surface area contributed by atoms with Crippen LogP contribution in [0.4, 0.5) is 0 Å². The van der Waals surface area contributed by atoms with Crippen molar-refractivity contribution in [3.8, 4) is 5.75 Å². The molecular weight excluding hydrogens is 426 g/mol. The summed E-state index contributed by atoms with van der Waals surface area (Å²) in [4.78, 5) is 39.2. The number of ether oxygens (including phenoxy) is 4. The average molecular weight is 453 g/mol. The molecule has 0 unspecified atom stereocenters. The highest BCUT2D eigenvalue weighted by molar-refractivity contribution is 5.95. The molecule has 0 radical (unpaired) electrons. The van der Waals surface area contributed by atoms with Gasteiger partial charge in [-0.1, -0.05) is 54.6 Å². The van der Waals surface area contributed by atoms with Gasteiger partial charge in [-0.15, -0.1) is 0 Å². The Morgan fingerprint density at radius 1 is 0.848 bits per heavy atom. The highest BCUT2D eigenvalue weighted by Gasteiger charge is 2.64. The quantitative estimate of drug-likeness (QED) is 0.504. The van der Waals surface area contributed by atoms with Gasteiger partial charge in [0.15, 0.2) is 5.54 Å². The topological polar surface area (TPSA) is 100 Å². The number of carbonyl (C=O) groups excluding carboxylic acids is 3. The van der Waals surface area contributed by atoms with Crippen LogP contribution >= 0.6 is 0 Å². The number of benzene rings is 2. The van der Waals surface area contributed by atoms with Gasteiger partial charge in [-0.2, -0.15) is 0 Å². The van der Waals surface area contributed by atoms with E-state index in [1.54, 1.807) is 61.7 Å². The SMILES string of the molecule is COC(=O)[C@H]1[C@@H](/C=C/c2ccc(OC)cc2)N[C@](C(=O)OC)(c2ccccc2)[C@H]1C(=O)OC. The van der Waals surface area contributed by atoms with Crippen molar-refractivity contribution in [1.29, 1.82) is 0 Å². The molecule has 0 aromatic heterocycles. The van der Waals surface area contributed by atoms with Crippen LogP contribution in [0.5, 0.6) is 5.75 Å². The molecule has 1 heterocycles. The highest BCUT2D eigenvalue weighted by Crippen LogP contribution is 2.45. The third-order valence-electron chi connectivity index (χ3n) is 5.88. The van der Waals surface area contributed by atoms with E-state index in [-0.39, 0.29) is 0 Å². The van der Waals surface area contributed by atoms with Gasteiger partial charge in [0.2, 0.25) is 0 Å². The van der Waals surface area contributed by atoms with Crippen molar-refractivity contribution in [2.45, 2.75) is 11.6 Å². The zero-order chi connectivity index (χ0) is 24.0. The zero-order valence-corrected chi connectivity index (χ0v) is 18.9. The van der Waals surface area contributed by atoms with Crippen molar-refractivity contribution in [1.82, 2.24) is 5.32 Å². The molecule has 8 heteroatoms. The Kier molecular flexibility index (Phi) is 7.50. The van der Waals surface area contributed by atoms with E-state index in [9.17, 15) is 14.4 Å². The predicted octanol–water partition coefficient (Wildman–Crippen LogP) is 2.33. The number of nitrogens with one attached hydrogen (secondary N) is 1. The van der Waals surface area contributed by atoms with E-state index in [2.05, 4.69) is 5.32 Å². The molecule has 174 valence electrons. The number of methoxy groups -OCH3 is 4. The Morgan fingerprint density at radius 3 is 2.03 bits per heavy atom. The number of rotatable bonds is 7. The Bertz CT molecular complexity index is 1020. The Hall–Kier alpha value is -3.65. The van der Waals surface area contributed by atoms with Crippen LogP contribution in [0.3, 0.4) is 0 Å². The van der Waals surface area contributed by atoms with Crippen LogP contribution in [0.2, 0.25) is 0 Å². The number of esters is 3. The molecule has 1 aliphatic heterocycles. The predicted molar refractivity (Wildman–Crippen MR) is 120 cm³/mol. The summed E-state index contributed by atoms with van der Waals surface area (Å²) in [5.41, 5.74) is -0.343. The third-order valence-corrected chi connectivity index (χ3v) is 5.88. The lowest BCUT2D eigenvalue weighted by Gasteiger charge is -2.32. The van der Waals surface area contributed by atoms with E-state index in [4.69, 9.17) is 18.9 Å². The van der Waals surface area contributed by atoms with Crippen LogP contribution in [-0.4, -0.2) is 52.4 Å². The van der Waals surface area contributed by atoms with Gasteiger partial charge in [0, 0.05) is 6.04 Å². The number of carbonyl (C=O) groups is 3. The summed E-state index contributed by atoms with van der Waals surface area (Å²) in [5, 5.41) is 3.21. The minimum atomic E-state index is -1.66. The smallest absolute Gasteiger partial charge is 0.331 e. The summed E-state index contributed by atoms with van der Waals surface area (Å²) in [6, 6.07) is 15.2. The Balaban J connectivity index is 2.14. The normalized spacial score (nSPS) is 24.3. The maximum atomic E-state index is 13.2. The molecule has 1 N–H and O–H groups in total. The van der Waals surface area contributed by atoms with Crippen molar-refractivity contribution in [3.05, 3.63) is 71.8 Å². The minimum Gasteiger partial charge on any atom is -0.497 e. The van der Waals surface area contributed by atoms with Gasteiger partial charge in [-0.05, 0) is 23.3 Å². The maximum absolute atomic E-state index is 13.2. The van der Waals surface area contributed by atoms with Gasteiger partial charge in [-0.3, -0.25) is 14.9 Å². The first-order chi connectivity index (χ1) is 15.9. The molecule has 2 aromatic carbocycles. The van der Waals surface area contributed by atoms with Crippen molar-refractivity contribution in [2.75, 3.05) is 28.4 Å². The molecule has 0 bridgehead atoms. The van der Waals surface area contributed by atoms with Crippen molar-refractivity contribution >= 4 is 24.0 Å². The summed E-state index contributed by atoms with van der Waals surface area (Å²) < 4.78 is 20.4. The molecule has 0 spiro atoms. The molecule has 1 aliphatic rings. The molecule has 0 saturated carbocycles. The molecule has 1 fully saturated rings. The first-order valence-electron chi connectivity index (χ1n) is 10.3. The fraction of sp³-hybridized carbons (Fsp3) is 0.320. The first-order valence-corrected chi connectivity index (χ1v) is 10.3. The van der Waals surface area contributed by atoms with Gasteiger partial charge in [0.25, 0.3) is 0 Å². The summed E-state index contributed by atoms with van der Waals surface area (Å²) in [6.45, 7) is 0. The monoisotopic (exact) mass is 453 g/mol. The largest absolute Gasteiger partial charge is 0.497 e.